The molecule has 0 radical (unpaired) electrons. The van der Waals surface area contributed by atoms with Crippen LogP contribution >= 0.6 is 0 Å². The zero-order valence-corrected chi connectivity index (χ0v) is 15.4. The Morgan fingerprint density at radius 1 is 1.20 bits per heavy atom. The maximum absolute atomic E-state index is 12.7. The SMILES string of the molecule is Cc1cc(/C=N/n2c(C)nc3ccccc3c2=O)c(C)n1CC(C)C. The van der Waals surface area contributed by atoms with Crippen molar-refractivity contribution in [3.05, 3.63) is 63.5 Å². The van der Waals surface area contributed by atoms with Crippen LogP contribution in [0.3, 0.4) is 0 Å². The van der Waals surface area contributed by atoms with Crippen LogP contribution in [-0.4, -0.2) is 20.4 Å². The number of aromatic nitrogens is 3. The molecule has 0 aliphatic heterocycles. The highest BCUT2D eigenvalue weighted by molar-refractivity contribution is 5.82. The molecule has 3 aromatic rings. The number of benzene rings is 1. The molecule has 2 aromatic heterocycles. The van der Waals surface area contributed by atoms with Gasteiger partial charge < -0.3 is 4.57 Å². The second-order valence-electron chi connectivity index (χ2n) is 6.87. The van der Waals surface area contributed by atoms with E-state index in [1.54, 1.807) is 19.2 Å². The lowest BCUT2D eigenvalue weighted by Crippen LogP contribution is -2.20. The maximum atomic E-state index is 12.7. The van der Waals surface area contributed by atoms with Gasteiger partial charge in [-0.25, -0.2) is 4.98 Å². The van der Waals surface area contributed by atoms with E-state index < -0.39 is 0 Å². The molecule has 0 N–H and O–H groups in total. The Kier molecular flexibility index (Phi) is 4.57. The number of aryl methyl sites for hydroxylation is 2. The lowest BCUT2D eigenvalue weighted by atomic mass is 10.2. The smallest absolute Gasteiger partial charge is 0.282 e. The Balaban J connectivity index is 2.04. The van der Waals surface area contributed by atoms with Crippen molar-refractivity contribution in [2.45, 2.75) is 41.2 Å². The van der Waals surface area contributed by atoms with E-state index in [0.717, 1.165) is 17.8 Å². The molecule has 1 aromatic carbocycles. The molecule has 0 fully saturated rings. The van der Waals surface area contributed by atoms with Crippen molar-refractivity contribution in [3.63, 3.8) is 0 Å². The average molecular weight is 336 g/mol. The molecule has 0 aliphatic carbocycles. The fraction of sp³-hybridized carbons (Fsp3) is 0.350. The van der Waals surface area contributed by atoms with Gasteiger partial charge in [-0.15, -0.1) is 0 Å². The van der Waals surface area contributed by atoms with Gasteiger partial charge in [0.1, 0.15) is 5.82 Å². The highest BCUT2D eigenvalue weighted by Crippen LogP contribution is 2.15. The molecule has 0 unspecified atom stereocenters. The van der Waals surface area contributed by atoms with Gasteiger partial charge in [-0.2, -0.15) is 9.78 Å². The Hall–Kier alpha value is -2.69. The number of rotatable bonds is 4. The first kappa shape index (κ1) is 17.1. The number of hydrogen-bond acceptors (Lipinski definition) is 3. The quantitative estimate of drug-likeness (QED) is 0.683. The van der Waals surface area contributed by atoms with Gasteiger partial charge in [0.15, 0.2) is 0 Å². The lowest BCUT2D eigenvalue weighted by Gasteiger charge is -2.11. The highest BCUT2D eigenvalue weighted by atomic mass is 16.1. The topological polar surface area (TPSA) is 52.2 Å². The molecule has 0 bridgehead atoms. The van der Waals surface area contributed by atoms with Crippen LogP contribution in [0.25, 0.3) is 10.9 Å². The van der Waals surface area contributed by atoms with Crippen molar-refractivity contribution in [1.29, 1.82) is 0 Å². The van der Waals surface area contributed by atoms with Gasteiger partial charge in [-0.3, -0.25) is 4.79 Å². The van der Waals surface area contributed by atoms with Crippen molar-refractivity contribution in [1.82, 2.24) is 14.2 Å². The van der Waals surface area contributed by atoms with Crippen LogP contribution in [0.4, 0.5) is 0 Å². The molecule has 0 spiro atoms. The Morgan fingerprint density at radius 2 is 1.92 bits per heavy atom. The monoisotopic (exact) mass is 336 g/mol. The van der Waals surface area contributed by atoms with Gasteiger partial charge in [-0.05, 0) is 44.9 Å². The molecule has 3 rings (SSSR count). The van der Waals surface area contributed by atoms with Crippen LogP contribution in [0, 0.1) is 26.7 Å². The number of nitrogens with zero attached hydrogens (tertiary/aromatic N) is 4. The summed E-state index contributed by atoms with van der Waals surface area (Å²) in [5.41, 5.74) is 3.95. The Bertz CT molecular complexity index is 1010. The van der Waals surface area contributed by atoms with Gasteiger partial charge in [0.05, 0.1) is 17.1 Å². The molecule has 5 heteroatoms. The minimum Gasteiger partial charge on any atom is -0.348 e. The second kappa shape index (κ2) is 6.67. The van der Waals surface area contributed by atoms with Crippen LogP contribution in [0.1, 0.15) is 36.6 Å². The van der Waals surface area contributed by atoms with Crippen molar-refractivity contribution in [2.75, 3.05) is 0 Å². The molecule has 0 saturated carbocycles. The molecule has 130 valence electrons. The van der Waals surface area contributed by atoms with Gasteiger partial charge in [-0.1, -0.05) is 26.0 Å². The normalized spacial score (nSPS) is 11.9. The summed E-state index contributed by atoms with van der Waals surface area (Å²) in [5.74, 6) is 1.15. The first-order valence-electron chi connectivity index (χ1n) is 8.58. The van der Waals surface area contributed by atoms with Gasteiger partial charge >= 0.3 is 0 Å². The fourth-order valence-corrected chi connectivity index (χ4v) is 3.10. The van der Waals surface area contributed by atoms with Gasteiger partial charge in [0, 0.05) is 23.5 Å². The van der Waals surface area contributed by atoms with E-state index in [-0.39, 0.29) is 5.56 Å². The van der Waals surface area contributed by atoms with E-state index in [4.69, 9.17) is 0 Å². The summed E-state index contributed by atoms with van der Waals surface area (Å²) >= 11 is 0. The Morgan fingerprint density at radius 3 is 2.64 bits per heavy atom. The van der Waals surface area contributed by atoms with Crippen molar-refractivity contribution >= 4 is 17.1 Å². The summed E-state index contributed by atoms with van der Waals surface area (Å²) in [7, 11) is 0. The first-order chi connectivity index (χ1) is 11.9. The summed E-state index contributed by atoms with van der Waals surface area (Å²) in [6.45, 7) is 11.4. The minimum absolute atomic E-state index is 0.143. The van der Waals surface area contributed by atoms with E-state index in [9.17, 15) is 4.79 Å². The predicted molar refractivity (Wildman–Crippen MR) is 102 cm³/mol. The molecular weight excluding hydrogens is 312 g/mol. The standard InChI is InChI=1S/C20H24N4O/c1-13(2)12-23-14(3)10-17(15(23)4)11-21-24-16(5)22-19-9-7-6-8-18(19)20(24)25/h6-11,13H,12H2,1-5H3/b21-11+. The van der Waals surface area contributed by atoms with Crippen LogP contribution in [0.5, 0.6) is 0 Å². The second-order valence-corrected chi connectivity index (χ2v) is 6.87. The van der Waals surface area contributed by atoms with Crippen LogP contribution < -0.4 is 5.56 Å². The van der Waals surface area contributed by atoms with Crippen LogP contribution in [-0.2, 0) is 6.54 Å². The summed E-state index contributed by atoms with van der Waals surface area (Å²) in [6, 6.07) is 9.46. The van der Waals surface area contributed by atoms with E-state index >= 15 is 0 Å². The third-order valence-electron chi connectivity index (χ3n) is 4.39. The average Bonchev–Trinajstić information content (AvgIpc) is 2.82. The third kappa shape index (κ3) is 3.27. The summed E-state index contributed by atoms with van der Waals surface area (Å²) in [6.07, 6.45) is 1.75. The van der Waals surface area contributed by atoms with Gasteiger partial charge in [0.2, 0.25) is 0 Å². The van der Waals surface area contributed by atoms with Crippen molar-refractivity contribution in [3.8, 4) is 0 Å². The van der Waals surface area contributed by atoms with Crippen molar-refractivity contribution < 1.29 is 0 Å². The van der Waals surface area contributed by atoms with E-state index in [1.807, 2.05) is 18.2 Å². The van der Waals surface area contributed by atoms with Crippen LogP contribution in [0.2, 0.25) is 0 Å². The molecule has 0 aliphatic rings. The molecule has 0 saturated heterocycles. The van der Waals surface area contributed by atoms with E-state index in [1.165, 1.54) is 10.4 Å². The maximum Gasteiger partial charge on any atom is 0.282 e. The molecular formula is C20H24N4O. The number of hydrogen-bond donors (Lipinski definition) is 0. The molecule has 2 heterocycles. The van der Waals surface area contributed by atoms with Gasteiger partial charge in [0.25, 0.3) is 5.56 Å². The molecule has 0 amide bonds. The highest BCUT2D eigenvalue weighted by Gasteiger charge is 2.10. The predicted octanol–water partition coefficient (Wildman–Crippen LogP) is 3.66. The minimum atomic E-state index is -0.143. The summed E-state index contributed by atoms with van der Waals surface area (Å²) < 4.78 is 3.66. The fourth-order valence-electron chi connectivity index (χ4n) is 3.10. The summed E-state index contributed by atoms with van der Waals surface area (Å²) in [5, 5.41) is 5.00. The first-order valence-corrected chi connectivity index (χ1v) is 8.58. The Labute approximate surface area is 147 Å². The van der Waals surface area contributed by atoms with E-state index in [0.29, 0.717) is 22.6 Å². The molecule has 5 nitrogen and oxygen atoms in total. The summed E-state index contributed by atoms with van der Waals surface area (Å²) in [4.78, 5) is 17.2. The third-order valence-corrected chi connectivity index (χ3v) is 4.39. The van der Waals surface area contributed by atoms with Crippen LogP contribution in [0.15, 0.2) is 40.2 Å². The zero-order chi connectivity index (χ0) is 18.1. The van der Waals surface area contributed by atoms with Crippen molar-refractivity contribution in [2.24, 2.45) is 11.0 Å². The lowest BCUT2D eigenvalue weighted by molar-refractivity contribution is 0.509. The zero-order valence-electron chi connectivity index (χ0n) is 15.4. The largest absolute Gasteiger partial charge is 0.348 e. The number of para-hydroxylation sites is 1. The number of fused-ring (bicyclic) bond motifs is 1. The molecule has 0 atom stereocenters. The van der Waals surface area contributed by atoms with E-state index in [2.05, 4.69) is 48.4 Å². The molecule has 25 heavy (non-hydrogen) atoms.